The van der Waals surface area contributed by atoms with Gasteiger partial charge in [0.1, 0.15) is 29.5 Å². The molecule has 10 heteroatoms. The second-order valence-electron chi connectivity index (χ2n) is 6.73. The standard InChI is InChI=1S/C17H24Cl2N2O5S/c1-11(2)16(21-7-4-8-27(21,24)25)17(23)20-9-12(22)10-26-14-6-3-5-13(18)15(14)19/h3,5-6,11-12,16,22H,4,7-10H2,1-2H3,(H,20,23)/t12-,16-/m1/s1. The molecule has 0 spiro atoms. The van der Waals surface area contributed by atoms with Gasteiger partial charge in [-0.3, -0.25) is 4.79 Å². The first-order valence-electron chi connectivity index (χ1n) is 8.65. The maximum absolute atomic E-state index is 12.5. The molecule has 1 saturated heterocycles. The van der Waals surface area contributed by atoms with Gasteiger partial charge in [0.05, 0.1) is 10.8 Å². The third-order valence-electron chi connectivity index (χ3n) is 4.21. The first kappa shape index (κ1) is 22.2. The summed E-state index contributed by atoms with van der Waals surface area (Å²) in [6.45, 7) is 3.73. The smallest absolute Gasteiger partial charge is 0.238 e. The average molecular weight is 439 g/mol. The van der Waals surface area contributed by atoms with Gasteiger partial charge in [-0.05, 0) is 24.5 Å². The topological polar surface area (TPSA) is 95.9 Å². The zero-order valence-corrected chi connectivity index (χ0v) is 17.5. The van der Waals surface area contributed by atoms with Crippen LogP contribution < -0.4 is 10.1 Å². The van der Waals surface area contributed by atoms with E-state index in [1.54, 1.807) is 32.0 Å². The van der Waals surface area contributed by atoms with Crippen molar-refractivity contribution in [2.24, 2.45) is 5.92 Å². The van der Waals surface area contributed by atoms with Gasteiger partial charge in [0.2, 0.25) is 15.9 Å². The number of carbonyl (C=O) groups excluding carboxylic acids is 1. The number of nitrogens with zero attached hydrogens (tertiary/aromatic N) is 1. The van der Waals surface area contributed by atoms with Gasteiger partial charge in [-0.1, -0.05) is 43.1 Å². The number of sulfonamides is 1. The van der Waals surface area contributed by atoms with Gasteiger partial charge < -0.3 is 15.2 Å². The fourth-order valence-corrected chi connectivity index (χ4v) is 5.07. The summed E-state index contributed by atoms with van der Waals surface area (Å²) in [6.07, 6.45) is -0.484. The molecule has 2 N–H and O–H groups in total. The number of ether oxygens (including phenoxy) is 1. The highest BCUT2D eigenvalue weighted by Crippen LogP contribution is 2.31. The van der Waals surface area contributed by atoms with Crippen molar-refractivity contribution >= 4 is 39.1 Å². The van der Waals surface area contributed by atoms with Crippen molar-refractivity contribution in [2.75, 3.05) is 25.4 Å². The van der Waals surface area contributed by atoms with Crippen molar-refractivity contribution < 1.29 is 23.1 Å². The van der Waals surface area contributed by atoms with E-state index in [1.807, 2.05) is 0 Å². The quantitative estimate of drug-likeness (QED) is 0.645. The Hall–Kier alpha value is -1.06. The van der Waals surface area contributed by atoms with E-state index in [1.165, 1.54) is 4.31 Å². The average Bonchev–Trinajstić information content (AvgIpc) is 2.93. The molecule has 2 atom stereocenters. The van der Waals surface area contributed by atoms with Gasteiger partial charge in [-0.25, -0.2) is 8.42 Å². The van der Waals surface area contributed by atoms with E-state index in [9.17, 15) is 18.3 Å². The van der Waals surface area contributed by atoms with Crippen LogP contribution in [0.25, 0.3) is 0 Å². The molecular weight excluding hydrogens is 415 g/mol. The molecule has 0 bridgehead atoms. The fraction of sp³-hybridized carbons (Fsp3) is 0.588. The highest BCUT2D eigenvalue weighted by atomic mass is 35.5. The van der Waals surface area contributed by atoms with Crippen LogP contribution in [0.1, 0.15) is 20.3 Å². The van der Waals surface area contributed by atoms with Crippen molar-refractivity contribution in [3.05, 3.63) is 28.2 Å². The lowest BCUT2D eigenvalue weighted by Gasteiger charge is -2.28. The number of carbonyl (C=O) groups is 1. The summed E-state index contributed by atoms with van der Waals surface area (Å²) in [6, 6.07) is 4.10. The van der Waals surface area contributed by atoms with Crippen molar-refractivity contribution in [1.29, 1.82) is 0 Å². The summed E-state index contributed by atoms with van der Waals surface area (Å²) in [7, 11) is -3.41. The molecule has 2 rings (SSSR count). The summed E-state index contributed by atoms with van der Waals surface area (Å²) >= 11 is 11.9. The molecule has 7 nitrogen and oxygen atoms in total. The van der Waals surface area contributed by atoms with E-state index in [0.717, 1.165) is 0 Å². The molecule has 1 amide bonds. The number of hydrogen-bond acceptors (Lipinski definition) is 5. The molecular formula is C17H24Cl2N2O5S. The summed E-state index contributed by atoms with van der Waals surface area (Å²) in [5.41, 5.74) is 0. The van der Waals surface area contributed by atoms with Crippen molar-refractivity contribution in [3.8, 4) is 5.75 Å². The van der Waals surface area contributed by atoms with Crippen molar-refractivity contribution in [1.82, 2.24) is 9.62 Å². The highest BCUT2D eigenvalue weighted by molar-refractivity contribution is 7.89. The Kier molecular flexibility index (Phi) is 7.76. The number of rotatable bonds is 8. The number of benzene rings is 1. The van der Waals surface area contributed by atoms with E-state index < -0.39 is 28.1 Å². The lowest BCUT2D eigenvalue weighted by molar-refractivity contribution is -0.126. The number of amides is 1. The van der Waals surface area contributed by atoms with Gasteiger partial charge in [-0.2, -0.15) is 4.31 Å². The molecule has 0 aromatic heterocycles. The predicted octanol–water partition coefficient (Wildman–Crippen LogP) is 1.91. The minimum atomic E-state index is -3.41. The zero-order valence-electron chi connectivity index (χ0n) is 15.2. The predicted molar refractivity (Wildman–Crippen MR) is 105 cm³/mol. The fourth-order valence-electron chi connectivity index (χ4n) is 2.90. The SMILES string of the molecule is CC(C)[C@H](C(=O)NC[C@@H](O)COc1cccc(Cl)c1Cl)N1CCCS1(=O)=O. The molecule has 1 fully saturated rings. The molecule has 27 heavy (non-hydrogen) atoms. The van der Waals surface area contributed by atoms with Crippen molar-refractivity contribution in [3.63, 3.8) is 0 Å². The van der Waals surface area contributed by atoms with E-state index in [0.29, 0.717) is 23.7 Å². The van der Waals surface area contributed by atoms with Crippen LogP contribution in [-0.4, -0.2) is 61.3 Å². The second-order valence-corrected chi connectivity index (χ2v) is 9.56. The van der Waals surface area contributed by atoms with Gasteiger partial charge in [0.25, 0.3) is 0 Å². The van der Waals surface area contributed by atoms with E-state index >= 15 is 0 Å². The van der Waals surface area contributed by atoms with Gasteiger partial charge >= 0.3 is 0 Å². The van der Waals surface area contributed by atoms with Crippen LogP contribution in [0.4, 0.5) is 0 Å². The van der Waals surface area contributed by atoms with E-state index in [2.05, 4.69) is 5.32 Å². The molecule has 1 aromatic rings. The third kappa shape index (κ3) is 5.71. The van der Waals surface area contributed by atoms with Crippen LogP contribution in [0, 0.1) is 5.92 Å². The first-order valence-corrected chi connectivity index (χ1v) is 11.0. The maximum atomic E-state index is 12.5. The zero-order chi connectivity index (χ0) is 20.2. The molecule has 0 unspecified atom stereocenters. The lowest BCUT2D eigenvalue weighted by Crippen LogP contribution is -2.52. The second kappa shape index (κ2) is 9.43. The minimum absolute atomic E-state index is 0.0559. The van der Waals surface area contributed by atoms with Gasteiger partial charge in [0, 0.05) is 13.1 Å². The maximum Gasteiger partial charge on any atom is 0.238 e. The number of hydrogen-bond donors (Lipinski definition) is 2. The Labute approximate surface area is 169 Å². The molecule has 0 saturated carbocycles. The number of nitrogens with one attached hydrogen (secondary N) is 1. The van der Waals surface area contributed by atoms with Crippen LogP contribution in [0.5, 0.6) is 5.75 Å². The summed E-state index contributed by atoms with van der Waals surface area (Å²) in [4.78, 5) is 12.5. The third-order valence-corrected chi connectivity index (χ3v) is 6.94. The Morgan fingerprint density at radius 1 is 1.37 bits per heavy atom. The van der Waals surface area contributed by atoms with Gasteiger partial charge in [0.15, 0.2) is 0 Å². The summed E-state index contributed by atoms with van der Waals surface area (Å²) in [5.74, 6) is -0.245. The highest BCUT2D eigenvalue weighted by Gasteiger charge is 2.39. The van der Waals surface area contributed by atoms with Crippen LogP contribution in [0.3, 0.4) is 0 Å². The largest absolute Gasteiger partial charge is 0.489 e. The van der Waals surface area contributed by atoms with Crippen molar-refractivity contribution in [2.45, 2.75) is 32.4 Å². The number of aliphatic hydroxyl groups excluding tert-OH is 1. The number of aliphatic hydroxyl groups is 1. The first-order chi connectivity index (χ1) is 12.6. The molecule has 1 heterocycles. The Morgan fingerprint density at radius 2 is 2.07 bits per heavy atom. The number of halogens is 2. The molecule has 1 aromatic carbocycles. The van der Waals surface area contributed by atoms with Crippen LogP contribution in [-0.2, 0) is 14.8 Å². The van der Waals surface area contributed by atoms with E-state index in [-0.39, 0.29) is 29.8 Å². The monoisotopic (exact) mass is 438 g/mol. The van der Waals surface area contributed by atoms with Crippen LogP contribution >= 0.6 is 23.2 Å². The molecule has 152 valence electrons. The van der Waals surface area contributed by atoms with E-state index in [4.69, 9.17) is 27.9 Å². The normalized spacial score (nSPS) is 19.0. The summed E-state index contributed by atoms with van der Waals surface area (Å²) in [5, 5.41) is 13.2. The summed E-state index contributed by atoms with van der Waals surface area (Å²) < 4.78 is 30.9. The molecule has 1 aliphatic rings. The molecule has 0 radical (unpaired) electrons. The van der Waals surface area contributed by atoms with Crippen LogP contribution in [0.2, 0.25) is 10.0 Å². The lowest BCUT2D eigenvalue weighted by atomic mass is 10.0. The Balaban J connectivity index is 1.90. The molecule has 1 aliphatic heterocycles. The Bertz CT molecular complexity index is 773. The van der Waals surface area contributed by atoms with Crippen LogP contribution in [0.15, 0.2) is 18.2 Å². The minimum Gasteiger partial charge on any atom is -0.489 e. The Morgan fingerprint density at radius 3 is 2.67 bits per heavy atom. The molecule has 0 aliphatic carbocycles. The van der Waals surface area contributed by atoms with Gasteiger partial charge in [-0.15, -0.1) is 0 Å².